The van der Waals surface area contributed by atoms with Gasteiger partial charge in [-0.05, 0) is 38.3 Å². The smallest absolute Gasteiger partial charge is 0.0639 e. The Morgan fingerprint density at radius 1 is 1.46 bits per heavy atom. The van der Waals surface area contributed by atoms with Crippen molar-refractivity contribution >= 4 is 54.6 Å². The number of alkyl halides is 1. The molecule has 68 valence electrons. The molecule has 4 heteroatoms. The third kappa shape index (κ3) is 1.45. The summed E-state index contributed by atoms with van der Waals surface area (Å²) in [5, 5.41) is 3.22. The Morgan fingerprint density at radius 3 is 2.92 bits per heavy atom. The number of halogens is 2. The lowest BCUT2D eigenvalue weighted by atomic mass is 10.2. The van der Waals surface area contributed by atoms with Gasteiger partial charge in [0.2, 0.25) is 0 Å². The summed E-state index contributed by atoms with van der Waals surface area (Å²) in [6, 6.07) is 4.00. The van der Waals surface area contributed by atoms with Crippen LogP contribution in [0.25, 0.3) is 10.1 Å². The standard InChI is InChI=1S/C9H7BrClNS/c10-7-2-1-6-5(3-11)4-13-9(6)8(7)12/h1-2,4H,3,12H2. The normalized spacial score (nSPS) is 10.9. The molecule has 0 saturated heterocycles. The third-order valence-electron chi connectivity index (χ3n) is 1.95. The minimum absolute atomic E-state index is 0.543. The molecule has 1 nitrogen and oxygen atoms in total. The molecule has 0 amide bonds. The van der Waals surface area contributed by atoms with E-state index in [1.54, 1.807) is 11.3 Å². The van der Waals surface area contributed by atoms with Gasteiger partial charge >= 0.3 is 0 Å². The average Bonchev–Trinajstić information content (AvgIpc) is 2.55. The second-order valence-corrected chi connectivity index (χ2v) is 4.73. The van der Waals surface area contributed by atoms with Gasteiger partial charge in [-0.25, -0.2) is 0 Å². The maximum absolute atomic E-state index is 5.91. The number of rotatable bonds is 1. The van der Waals surface area contributed by atoms with E-state index in [-0.39, 0.29) is 0 Å². The van der Waals surface area contributed by atoms with Gasteiger partial charge in [-0.1, -0.05) is 6.07 Å². The molecule has 0 atom stereocenters. The number of nitrogen functional groups attached to an aromatic ring is 1. The Morgan fingerprint density at radius 2 is 2.23 bits per heavy atom. The zero-order chi connectivity index (χ0) is 9.42. The number of thiophene rings is 1. The summed E-state index contributed by atoms with van der Waals surface area (Å²) in [5.74, 6) is 0.543. The first-order valence-corrected chi connectivity index (χ1v) is 5.94. The number of benzene rings is 1. The van der Waals surface area contributed by atoms with Crippen LogP contribution in [0.5, 0.6) is 0 Å². The highest BCUT2D eigenvalue weighted by Gasteiger charge is 2.07. The van der Waals surface area contributed by atoms with Gasteiger partial charge in [0, 0.05) is 10.4 Å². The number of hydrogen-bond acceptors (Lipinski definition) is 2. The Kier molecular flexibility index (Phi) is 2.49. The molecular weight excluding hydrogens is 270 g/mol. The van der Waals surface area contributed by atoms with Crippen molar-refractivity contribution in [3.8, 4) is 0 Å². The van der Waals surface area contributed by atoms with Crippen molar-refractivity contribution in [3.63, 3.8) is 0 Å². The fourth-order valence-electron chi connectivity index (χ4n) is 1.25. The lowest BCUT2D eigenvalue weighted by Gasteiger charge is -1.99. The number of fused-ring (bicyclic) bond motifs is 1. The molecule has 2 rings (SSSR count). The van der Waals surface area contributed by atoms with Crippen molar-refractivity contribution in [2.45, 2.75) is 5.88 Å². The first-order valence-electron chi connectivity index (χ1n) is 3.74. The molecule has 0 radical (unpaired) electrons. The van der Waals surface area contributed by atoms with Gasteiger partial charge in [-0.2, -0.15) is 0 Å². The molecule has 0 bridgehead atoms. The van der Waals surface area contributed by atoms with Gasteiger partial charge in [0.1, 0.15) is 0 Å². The fourth-order valence-corrected chi connectivity index (χ4v) is 3.06. The molecule has 0 aliphatic rings. The topological polar surface area (TPSA) is 26.0 Å². The second kappa shape index (κ2) is 3.48. The van der Waals surface area contributed by atoms with E-state index in [0.717, 1.165) is 20.4 Å². The van der Waals surface area contributed by atoms with Crippen molar-refractivity contribution in [1.29, 1.82) is 0 Å². The van der Waals surface area contributed by atoms with Crippen molar-refractivity contribution in [2.75, 3.05) is 5.73 Å². The van der Waals surface area contributed by atoms with Crippen LogP contribution in [-0.2, 0) is 5.88 Å². The Hall–Kier alpha value is -0.250. The summed E-state index contributed by atoms with van der Waals surface area (Å²) in [6.07, 6.45) is 0. The quantitative estimate of drug-likeness (QED) is 0.619. The van der Waals surface area contributed by atoms with Crippen molar-refractivity contribution in [3.05, 3.63) is 27.5 Å². The average molecular weight is 277 g/mol. The largest absolute Gasteiger partial charge is 0.397 e. The molecule has 0 fully saturated rings. The molecule has 13 heavy (non-hydrogen) atoms. The summed E-state index contributed by atoms with van der Waals surface area (Å²) in [6.45, 7) is 0. The van der Waals surface area contributed by atoms with Gasteiger partial charge in [0.05, 0.1) is 10.4 Å². The molecule has 0 unspecified atom stereocenters. The summed E-state index contributed by atoms with van der Waals surface area (Å²) >= 11 is 10.8. The van der Waals surface area contributed by atoms with E-state index in [2.05, 4.69) is 21.3 Å². The van der Waals surface area contributed by atoms with Gasteiger partial charge in [-0.15, -0.1) is 22.9 Å². The lowest BCUT2D eigenvalue weighted by Crippen LogP contribution is -1.86. The lowest BCUT2D eigenvalue weighted by molar-refractivity contribution is 1.50. The Bertz CT molecular complexity index is 452. The fraction of sp³-hybridized carbons (Fsp3) is 0.111. The van der Waals surface area contributed by atoms with Gasteiger partial charge in [0.25, 0.3) is 0 Å². The van der Waals surface area contributed by atoms with E-state index in [1.165, 1.54) is 5.39 Å². The minimum atomic E-state index is 0.543. The Labute approximate surface area is 93.6 Å². The summed E-state index contributed by atoms with van der Waals surface area (Å²) in [4.78, 5) is 0. The molecule has 1 heterocycles. The highest BCUT2D eigenvalue weighted by atomic mass is 79.9. The van der Waals surface area contributed by atoms with Crippen LogP contribution in [-0.4, -0.2) is 0 Å². The first-order chi connectivity index (χ1) is 6.24. The zero-order valence-corrected chi connectivity index (χ0v) is 9.84. The molecular formula is C9H7BrClNS. The van der Waals surface area contributed by atoms with Crippen molar-refractivity contribution in [1.82, 2.24) is 0 Å². The first kappa shape index (κ1) is 9.31. The maximum atomic E-state index is 5.91. The second-order valence-electron chi connectivity index (χ2n) is 2.73. The molecule has 1 aromatic carbocycles. The van der Waals surface area contributed by atoms with Crippen LogP contribution in [0.4, 0.5) is 5.69 Å². The SMILES string of the molecule is Nc1c(Br)ccc2c(CCl)csc12. The van der Waals surface area contributed by atoms with E-state index in [0.29, 0.717) is 5.88 Å². The number of anilines is 1. The van der Waals surface area contributed by atoms with Crippen molar-refractivity contribution < 1.29 is 0 Å². The van der Waals surface area contributed by atoms with Crippen LogP contribution >= 0.6 is 38.9 Å². The van der Waals surface area contributed by atoms with Crippen LogP contribution in [0.15, 0.2) is 22.0 Å². The monoisotopic (exact) mass is 275 g/mol. The minimum Gasteiger partial charge on any atom is -0.397 e. The predicted molar refractivity (Wildman–Crippen MR) is 63.5 cm³/mol. The summed E-state index contributed by atoms with van der Waals surface area (Å²) in [7, 11) is 0. The summed E-state index contributed by atoms with van der Waals surface area (Å²) < 4.78 is 2.06. The molecule has 1 aromatic heterocycles. The van der Waals surface area contributed by atoms with Crippen LogP contribution < -0.4 is 5.73 Å². The predicted octanol–water partition coefficient (Wildman–Crippen LogP) is 3.98. The molecule has 0 saturated carbocycles. The number of hydrogen-bond donors (Lipinski definition) is 1. The zero-order valence-electron chi connectivity index (χ0n) is 6.68. The van der Waals surface area contributed by atoms with Crippen LogP contribution in [0, 0.1) is 0 Å². The molecule has 0 spiro atoms. The highest BCUT2D eigenvalue weighted by Crippen LogP contribution is 2.35. The van der Waals surface area contributed by atoms with Crippen LogP contribution in [0.3, 0.4) is 0 Å². The highest BCUT2D eigenvalue weighted by molar-refractivity contribution is 9.10. The number of nitrogens with two attached hydrogens (primary N) is 1. The maximum Gasteiger partial charge on any atom is 0.0639 e. The molecule has 0 aliphatic carbocycles. The van der Waals surface area contributed by atoms with E-state index >= 15 is 0 Å². The van der Waals surface area contributed by atoms with E-state index in [4.69, 9.17) is 17.3 Å². The van der Waals surface area contributed by atoms with Gasteiger partial charge in [-0.3, -0.25) is 0 Å². The van der Waals surface area contributed by atoms with Crippen LogP contribution in [0.1, 0.15) is 5.56 Å². The summed E-state index contributed by atoms with van der Waals surface area (Å²) in [5.41, 5.74) is 7.86. The molecule has 0 aliphatic heterocycles. The Balaban J connectivity index is 2.81. The van der Waals surface area contributed by atoms with E-state index < -0.39 is 0 Å². The van der Waals surface area contributed by atoms with Gasteiger partial charge in [0.15, 0.2) is 0 Å². The third-order valence-corrected chi connectivity index (χ3v) is 4.01. The molecule has 2 aromatic rings. The van der Waals surface area contributed by atoms with E-state index in [9.17, 15) is 0 Å². The van der Waals surface area contributed by atoms with Crippen molar-refractivity contribution in [2.24, 2.45) is 0 Å². The van der Waals surface area contributed by atoms with Crippen LogP contribution in [0.2, 0.25) is 0 Å². The van der Waals surface area contributed by atoms with E-state index in [1.807, 2.05) is 12.1 Å². The molecule has 2 N–H and O–H groups in total. The van der Waals surface area contributed by atoms with Gasteiger partial charge < -0.3 is 5.73 Å².